The molecule has 1 saturated heterocycles. The minimum Gasteiger partial charge on any atom is -0.353 e. The minimum absolute atomic E-state index is 0.0525. The molecular weight excluding hydrogens is 318 g/mol. The maximum Gasteiger partial charge on any atom is 0.228 e. The number of nitrogens with one attached hydrogen (secondary N) is 2. The zero-order chi connectivity index (χ0) is 18.0. The van der Waals surface area contributed by atoms with Crippen molar-refractivity contribution >= 4 is 23.3 Å². The van der Waals surface area contributed by atoms with E-state index in [0.29, 0.717) is 11.3 Å². The lowest BCUT2D eigenvalue weighted by molar-refractivity contribution is -0.128. The zero-order valence-electron chi connectivity index (χ0n) is 14.8. The average molecular weight is 343 g/mol. The van der Waals surface area contributed by atoms with Gasteiger partial charge in [-0.3, -0.25) is 14.4 Å². The fourth-order valence-electron chi connectivity index (χ4n) is 3.62. The number of rotatable bonds is 3. The first-order valence-electron chi connectivity index (χ1n) is 8.85. The van der Waals surface area contributed by atoms with Crippen LogP contribution >= 0.6 is 0 Å². The van der Waals surface area contributed by atoms with Gasteiger partial charge in [0.25, 0.3) is 0 Å². The average Bonchev–Trinajstić information content (AvgIpc) is 2.67. The quantitative estimate of drug-likeness (QED) is 0.876. The summed E-state index contributed by atoms with van der Waals surface area (Å²) >= 11 is 0. The first-order valence-corrected chi connectivity index (χ1v) is 8.85. The third kappa shape index (κ3) is 4.07. The summed E-state index contributed by atoms with van der Waals surface area (Å²) in [7, 11) is 2.07. The molecular formula is C19H25N3O3. The van der Waals surface area contributed by atoms with Crippen LogP contribution in [0.1, 0.15) is 41.6 Å². The maximum atomic E-state index is 12.6. The summed E-state index contributed by atoms with van der Waals surface area (Å²) in [5.74, 6) is -1.10. The molecule has 3 rings (SSSR count). The van der Waals surface area contributed by atoms with Crippen molar-refractivity contribution in [3.63, 3.8) is 0 Å². The van der Waals surface area contributed by atoms with Gasteiger partial charge in [-0.05, 0) is 51.5 Å². The summed E-state index contributed by atoms with van der Waals surface area (Å²) in [6.45, 7) is 3.78. The summed E-state index contributed by atoms with van der Waals surface area (Å²) in [6.07, 6.45) is 1.97. The third-order valence-electron chi connectivity index (χ3n) is 5.13. The first kappa shape index (κ1) is 17.6. The molecule has 2 heterocycles. The van der Waals surface area contributed by atoms with Crippen molar-refractivity contribution in [3.8, 4) is 0 Å². The molecule has 1 aromatic carbocycles. The maximum absolute atomic E-state index is 12.6. The topological polar surface area (TPSA) is 78.5 Å². The van der Waals surface area contributed by atoms with Crippen molar-refractivity contribution in [1.29, 1.82) is 0 Å². The summed E-state index contributed by atoms with van der Waals surface area (Å²) in [4.78, 5) is 39.6. The van der Waals surface area contributed by atoms with Gasteiger partial charge < -0.3 is 15.5 Å². The van der Waals surface area contributed by atoms with Crippen LogP contribution < -0.4 is 10.6 Å². The molecule has 6 heteroatoms. The highest BCUT2D eigenvalue weighted by molar-refractivity contribution is 6.11. The van der Waals surface area contributed by atoms with Crippen LogP contribution in [0.15, 0.2) is 18.2 Å². The summed E-state index contributed by atoms with van der Waals surface area (Å²) in [6, 6.07) is 5.57. The van der Waals surface area contributed by atoms with Crippen molar-refractivity contribution in [3.05, 3.63) is 29.3 Å². The molecule has 25 heavy (non-hydrogen) atoms. The van der Waals surface area contributed by atoms with Gasteiger partial charge in [0.05, 0.1) is 11.6 Å². The van der Waals surface area contributed by atoms with Gasteiger partial charge in [0, 0.05) is 24.4 Å². The van der Waals surface area contributed by atoms with Crippen LogP contribution in [0.5, 0.6) is 0 Å². The normalized spacial score (nSPS) is 22.1. The smallest absolute Gasteiger partial charge is 0.228 e. The highest BCUT2D eigenvalue weighted by Crippen LogP contribution is 2.28. The SMILES string of the molecule is Cc1cccc2c1C(=O)C[C@@H](CC(=O)NC1CCN(C)CC1)C(=O)N2. The predicted octanol–water partition coefficient (Wildman–Crippen LogP) is 1.74. The molecule has 1 aromatic rings. The van der Waals surface area contributed by atoms with Crippen LogP contribution in [0, 0.1) is 12.8 Å². The van der Waals surface area contributed by atoms with Crippen LogP contribution in [-0.4, -0.2) is 48.7 Å². The van der Waals surface area contributed by atoms with E-state index in [1.165, 1.54) is 0 Å². The lowest BCUT2D eigenvalue weighted by Gasteiger charge is -2.29. The fraction of sp³-hybridized carbons (Fsp3) is 0.526. The molecule has 6 nitrogen and oxygen atoms in total. The van der Waals surface area contributed by atoms with Crippen molar-refractivity contribution in [1.82, 2.24) is 10.2 Å². The van der Waals surface area contributed by atoms with E-state index in [2.05, 4.69) is 22.6 Å². The van der Waals surface area contributed by atoms with E-state index in [4.69, 9.17) is 0 Å². The number of hydrogen-bond acceptors (Lipinski definition) is 4. The molecule has 1 fully saturated rings. The number of aryl methyl sites for hydroxylation is 1. The van der Waals surface area contributed by atoms with Crippen molar-refractivity contribution in [2.24, 2.45) is 5.92 Å². The Morgan fingerprint density at radius 2 is 2.00 bits per heavy atom. The number of piperidine rings is 1. The lowest BCUT2D eigenvalue weighted by Crippen LogP contribution is -2.44. The Bertz CT molecular complexity index is 693. The van der Waals surface area contributed by atoms with E-state index in [1.807, 2.05) is 19.1 Å². The molecule has 0 aromatic heterocycles. The number of hydrogen-bond donors (Lipinski definition) is 2. The summed E-state index contributed by atoms with van der Waals surface area (Å²) in [5, 5.41) is 5.83. The Morgan fingerprint density at radius 3 is 2.72 bits per heavy atom. The van der Waals surface area contributed by atoms with Crippen LogP contribution in [0.3, 0.4) is 0 Å². The van der Waals surface area contributed by atoms with E-state index >= 15 is 0 Å². The van der Waals surface area contributed by atoms with E-state index < -0.39 is 5.92 Å². The predicted molar refractivity (Wildman–Crippen MR) is 95.5 cm³/mol. The molecule has 2 N–H and O–H groups in total. The highest BCUT2D eigenvalue weighted by atomic mass is 16.2. The Balaban J connectivity index is 1.64. The molecule has 0 aliphatic carbocycles. The van der Waals surface area contributed by atoms with E-state index in [1.54, 1.807) is 6.07 Å². The molecule has 134 valence electrons. The van der Waals surface area contributed by atoms with Gasteiger partial charge in [-0.1, -0.05) is 12.1 Å². The number of anilines is 1. The molecule has 2 amide bonds. The number of carbonyl (C=O) groups is 3. The Kier molecular flexibility index (Phi) is 5.18. The molecule has 2 aliphatic heterocycles. The molecule has 1 atom stereocenters. The van der Waals surface area contributed by atoms with Crippen LogP contribution in [-0.2, 0) is 9.59 Å². The molecule has 0 unspecified atom stereocenters. The van der Waals surface area contributed by atoms with Gasteiger partial charge in [0.1, 0.15) is 0 Å². The van der Waals surface area contributed by atoms with Crippen LogP contribution in [0.2, 0.25) is 0 Å². The number of benzene rings is 1. The number of likely N-dealkylation sites (tertiary alicyclic amines) is 1. The summed E-state index contributed by atoms with van der Waals surface area (Å²) in [5.41, 5.74) is 1.96. The highest BCUT2D eigenvalue weighted by Gasteiger charge is 2.31. The van der Waals surface area contributed by atoms with Gasteiger partial charge in [-0.25, -0.2) is 0 Å². The van der Waals surface area contributed by atoms with Crippen LogP contribution in [0.4, 0.5) is 5.69 Å². The van der Waals surface area contributed by atoms with Crippen molar-refractivity contribution in [2.75, 3.05) is 25.5 Å². The molecule has 0 spiro atoms. The van der Waals surface area contributed by atoms with Gasteiger partial charge in [-0.2, -0.15) is 0 Å². The van der Waals surface area contributed by atoms with Crippen molar-refractivity contribution < 1.29 is 14.4 Å². The molecule has 0 saturated carbocycles. The second-order valence-electron chi connectivity index (χ2n) is 7.16. The summed E-state index contributed by atoms with van der Waals surface area (Å²) < 4.78 is 0. The lowest BCUT2D eigenvalue weighted by atomic mass is 9.94. The number of fused-ring (bicyclic) bond motifs is 1. The largest absolute Gasteiger partial charge is 0.353 e. The number of amides is 2. The number of carbonyl (C=O) groups excluding carboxylic acids is 3. The van der Waals surface area contributed by atoms with E-state index in [9.17, 15) is 14.4 Å². The first-order chi connectivity index (χ1) is 11.9. The van der Waals surface area contributed by atoms with E-state index in [-0.39, 0.29) is 36.5 Å². The number of nitrogens with zero attached hydrogens (tertiary/aromatic N) is 1. The van der Waals surface area contributed by atoms with E-state index in [0.717, 1.165) is 31.5 Å². The van der Waals surface area contributed by atoms with Gasteiger partial charge in [0.2, 0.25) is 11.8 Å². The number of Topliss-reactive ketones (excluding diaryl/α,β-unsaturated/α-hetero) is 1. The molecule has 2 aliphatic rings. The Morgan fingerprint density at radius 1 is 1.28 bits per heavy atom. The third-order valence-corrected chi connectivity index (χ3v) is 5.13. The monoisotopic (exact) mass is 343 g/mol. The molecule has 0 bridgehead atoms. The van der Waals surface area contributed by atoms with Gasteiger partial charge >= 0.3 is 0 Å². The van der Waals surface area contributed by atoms with Crippen molar-refractivity contribution in [2.45, 2.75) is 38.6 Å². The van der Waals surface area contributed by atoms with Crippen LogP contribution in [0.25, 0.3) is 0 Å². The number of ketones is 1. The second-order valence-corrected chi connectivity index (χ2v) is 7.16. The Hall–Kier alpha value is -2.21. The zero-order valence-corrected chi connectivity index (χ0v) is 14.8. The molecule has 0 radical (unpaired) electrons. The standard InChI is InChI=1S/C19H25N3O3/c1-12-4-3-5-15-18(12)16(23)10-13(19(25)21-15)11-17(24)20-14-6-8-22(2)9-7-14/h3-5,13-14H,6-11H2,1-2H3,(H,20,24)(H,21,25)/t13-/m0/s1. The van der Waals surface area contributed by atoms with Gasteiger partial charge in [0.15, 0.2) is 5.78 Å². The van der Waals surface area contributed by atoms with Gasteiger partial charge in [-0.15, -0.1) is 0 Å². The Labute approximate surface area is 148 Å². The second kappa shape index (κ2) is 7.35. The fourth-order valence-corrected chi connectivity index (χ4v) is 3.62. The minimum atomic E-state index is -0.620.